The summed E-state index contributed by atoms with van der Waals surface area (Å²) in [6, 6.07) is 10.1. The van der Waals surface area contributed by atoms with Gasteiger partial charge in [0.05, 0.1) is 20.0 Å². The molecule has 168 valence electrons. The van der Waals surface area contributed by atoms with Gasteiger partial charge in [-0.05, 0) is 30.3 Å². The lowest BCUT2D eigenvalue weighted by molar-refractivity contribution is -0.384. The van der Waals surface area contributed by atoms with Crippen LogP contribution in [0.2, 0.25) is 0 Å². The summed E-state index contributed by atoms with van der Waals surface area (Å²) in [5.41, 5.74) is 0.754. The van der Waals surface area contributed by atoms with Crippen LogP contribution < -0.4 is 4.80 Å². The number of nitro benzene ring substituents is 1. The third kappa shape index (κ3) is 4.54. The predicted molar refractivity (Wildman–Crippen MR) is 123 cm³/mol. The number of carbonyl (C=O) groups is 1. The molecule has 0 saturated heterocycles. The van der Waals surface area contributed by atoms with Gasteiger partial charge in [-0.25, -0.2) is 8.42 Å². The Labute approximate surface area is 189 Å². The number of carbonyl (C=O) groups excluding carboxylic acids is 1. The minimum Gasteiger partial charge on any atom is -0.312 e. The molecule has 32 heavy (non-hydrogen) atoms. The fraction of sp³-hybridized carbons (Fsp3) is 0.238. The number of non-ortho nitro benzene ring substituents is 1. The third-order valence-electron chi connectivity index (χ3n) is 4.83. The molecular weight excluding hydrogens is 452 g/mol. The van der Waals surface area contributed by atoms with E-state index in [4.69, 9.17) is 0 Å². The Morgan fingerprint density at radius 3 is 2.44 bits per heavy atom. The Morgan fingerprint density at radius 1 is 1.22 bits per heavy atom. The number of aromatic nitrogens is 1. The number of nitrogens with zero attached hydrogens (tertiary/aromatic N) is 4. The van der Waals surface area contributed by atoms with Crippen LogP contribution in [0.15, 0.2) is 65.0 Å². The van der Waals surface area contributed by atoms with Gasteiger partial charge in [0.25, 0.3) is 11.6 Å². The lowest BCUT2D eigenvalue weighted by Crippen LogP contribution is -2.30. The molecule has 2 aromatic carbocycles. The number of fused-ring (bicyclic) bond motifs is 1. The Hall–Kier alpha value is -3.15. The summed E-state index contributed by atoms with van der Waals surface area (Å²) in [7, 11) is -3.62. The lowest BCUT2D eigenvalue weighted by atomic mass is 10.2. The molecule has 3 rings (SSSR count). The molecule has 1 amide bonds. The molecular formula is C21H22N4O5S2. The molecule has 0 fully saturated rings. The Balaban J connectivity index is 2.01. The van der Waals surface area contributed by atoms with Crippen LogP contribution >= 0.6 is 11.3 Å². The number of nitro groups is 1. The van der Waals surface area contributed by atoms with Crippen molar-refractivity contribution in [2.75, 3.05) is 13.1 Å². The number of rotatable bonds is 8. The van der Waals surface area contributed by atoms with Gasteiger partial charge in [-0.2, -0.15) is 9.30 Å². The molecule has 9 nitrogen and oxygen atoms in total. The fourth-order valence-corrected chi connectivity index (χ4v) is 5.67. The highest BCUT2D eigenvalue weighted by Gasteiger charge is 2.21. The first-order chi connectivity index (χ1) is 15.2. The van der Waals surface area contributed by atoms with Crippen molar-refractivity contribution in [2.45, 2.75) is 25.3 Å². The summed E-state index contributed by atoms with van der Waals surface area (Å²) in [4.78, 5) is 28.1. The summed E-state index contributed by atoms with van der Waals surface area (Å²) in [5.74, 6) is -0.546. The van der Waals surface area contributed by atoms with Crippen molar-refractivity contribution in [3.05, 3.63) is 75.6 Å². The summed E-state index contributed by atoms with van der Waals surface area (Å²) in [6.07, 6.45) is 1.61. The van der Waals surface area contributed by atoms with Crippen molar-refractivity contribution in [2.24, 2.45) is 4.99 Å². The second-order valence-electron chi connectivity index (χ2n) is 6.72. The number of sulfonamides is 1. The molecule has 0 N–H and O–H groups in total. The number of hydrogen-bond acceptors (Lipinski definition) is 6. The molecule has 0 aliphatic rings. The maximum Gasteiger partial charge on any atom is 0.279 e. The summed E-state index contributed by atoms with van der Waals surface area (Å²) < 4.78 is 29.0. The van der Waals surface area contributed by atoms with Crippen LogP contribution in [0.1, 0.15) is 24.2 Å². The topological polar surface area (TPSA) is 115 Å². The van der Waals surface area contributed by atoms with Crippen molar-refractivity contribution >= 4 is 43.2 Å². The van der Waals surface area contributed by atoms with Gasteiger partial charge in [0.1, 0.15) is 0 Å². The van der Waals surface area contributed by atoms with Crippen LogP contribution in [0.3, 0.4) is 0 Å². The van der Waals surface area contributed by atoms with Gasteiger partial charge in [0.15, 0.2) is 4.80 Å². The molecule has 3 aromatic rings. The molecule has 1 heterocycles. The van der Waals surface area contributed by atoms with E-state index in [1.54, 1.807) is 30.6 Å². The average Bonchev–Trinajstić information content (AvgIpc) is 3.11. The van der Waals surface area contributed by atoms with Crippen LogP contribution in [0.25, 0.3) is 10.2 Å². The first kappa shape index (κ1) is 23.5. The van der Waals surface area contributed by atoms with Gasteiger partial charge in [0, 0.05) is 37.3 Å². The van der Waals surface area contributed by atoms with E-state index < -0.39 is 20.9 Å². The second kappa shape index (κ2) is 9.55. The Kier molecular flexibility index (Phi) is 7.02. The van der Waals surface area contributed by atoms with Gasteiger partial charge >= 0.3 is 0 Å². The maximum atomic E-state index is 12.8. The van der Waals surface area contributed by atoms with E-state index in [0.29, 0.717) is 30.0 Å². The molecule has 0 radical (unpaired) electrons. The van der Waals surface area contributed by atoms with Crippen molar-refractivity contribution in [3.63, 3.8) is 0 Å². The van der Waals surface area contributed by atoms with E-state index in [9.17, 15) is 23.3 Å². The van der Waals surface area contributed by atoms with E-state index in [1.807, 2.05) is 0 Å². The van der Waals surface area contributed by atoms with Crippen molar-refractivity contribution in [1.82, 2.24) is 8.87 Å². The summed E-state index contributed by atoms with van der Waals surface area (Å²) in [5, 5.41) is 11.1. The van der Waals surface area contributed by atoms with Crippen LogP contribution in [0.5, 0.6) is 0 Å². The lowest BCUT2D eigenvalue weighted by Gasteiger charge is -2.18. The van der Waals surface area contributed by atoms with Crippen LogP contribution in [0, 0.1) is 10.1 Å². The number of hydrogen-bond donors (Lipinski definition) is 0. The monoisotopic (exact) mass is 474 g/mol. The number of thiazole rings is 1. The first-order valence-electron chi connectivity index (χ1n) is 9.80. The van der Waals surface area contributed by atoms with Gasteiger partial charge < -0.3 is 4.57 Å². The first-order valence-corrected chi connectivity index (χ1v) is 12.1. The zero-order chi connectivity index (χ0) is 23.5. The van der Waals surface area contributed by atoms with E-state index in [2.05, 4.69) is 11.6 Å². The van der Waals surface area contributed by atoms with Gasteiger partial charge in [0.2, 0.25) is 10.0 Å². The van der Waals surface area contributed by atoms with Crippen molar-refractivity contribution in [1.29, 1.82) is 0 Å². The molecule has 0 saturated carbocycles. The quantitative estimate of drug-likeness (QED) is 0.281. The zero-order valence-corrected chi connectivity index (χ0v) is 19.2. The van der Waals surface area contributed by atoms with Crippen molar-refractivity contribution < 1.29 is 18.1 Å². The molecule has 0 aliphatic carbocycles. The van der Waals surface area contributed by atoms with Crippen LogP contribution in [-0.4, -0.2) is 41.2 Å². The third-order valence-corrected chi connectivity index (χ3v) is 7.95. The zero-order valence-electron chi connectivity index (χ0n) is 17.6. The highest BCUT2D eigenvalue weighted by atomic mass is 32.2. The summed E-state index contributed by atoms with van der Waals surface area (Å²) in [6.45, 7) is 8.23. The largest absolute Gasteiger partial charge is 0.312 e. The molecule has 0 unspecified atom stereocenters. The van der Waals surface area contributed by atoms with Crippen molar-refractivity contribution in [3.8, 4) is 0 Å². The van der Waals surface area contributed by atoms with E-state index in [0.717, 1.165) is 4.70 Å². The molecule has 0 bridgehead atoms. The standard InChI is InChI=1S/C21H22N4O5S2/c1-4-13-24-18-14-16(25(27)28)9-12-19(18)31-21(24)22-20(26)15-7-10-17(11-8-15)32(29,30)23(5-2)6-3/h4,7-12,14H,1,5-6,13H2,2-3H3. The fourth-order valence-electron chi connectivity index (χ4n) is 3.20. The van der Waals surface area contributed by atoms with Crippen LogP contribution in [-0.2, 0) is 16.6 Å². The van der Waals surface area contributed by atoms with Crippen LogP contribution in [0.4, 0.5) is 5.69 Å². The minimum absolute atomic E-state index is 0.0593. The molecule has 0 aliphatic heterocycles. The molecule has 0 spiro atoms. The second-order valence-corrected chi connectivity index (χ2v) is 9.67. The van der Waals surface area contributed by atoms with E-state index >= 15 is 0 Å². The van der Waals surface area contributed by atoms with Gasteiger partial charge in [-0.15, -0.1) is 6.58 Å². The minimum atomic E-state index is -3.62. The smallest absolute Gasteiger partial charge is 0.279 e. The number of benzene rings is 2. The highest BCUT2D eigenvalue weighted by Crippen LogP contribution is 2.23. The van der Waals surface area contributed by atoms with E-state index in [-0.39, 0.29) is 16.1 Å². The van der Waals surface area contributed by atoms with E-state index in [1.165, 1.54) is 52.0 Å². The number of amides is 1. The Bertz CT molecular complexity index is 1350. The SMILES string of the molecule is C=CCn1c(=NC(=O)c2ccc(S(=O)(=O)N(CC)CC)cc2)sc2ccc([N+](=O)[O-])cc21. The molecule has 1 aromatic heterocycles. The normalized spacial score (nSPS) is 12.4. The summed E-state index contributed by atoms with van der Waals surface area (Å²) >= 11 is 1.23. The molecule has 0 atom stereocenters. The predicted octanol–water partition coefficient (Wildman–Crippen LogP) is 3.57. The number of allylic oxidation sites excluding steroid dienone is 1. The Morgan fingerprint density at radius 2 is 1.88 bits per heavy atom. The maximum absolute atomic E-state index is 12.8. The van der Waals surface area contributed by atoms with Gasteiger partial charge in [-0.1, -0.05) is 31.3 Å². The molecule has 11 heteroatoms. The average molecular weight is 475 g/mol. The van der Waals surface area contributed by atoms with Gasteiger partial charge in [-0.3, -0.25) is 14.9 Å². The highest BCUT2D eigenvalue weighted by molar-refractivity contribution is 7.89.